The molecule has 0 aromatic heterocycles. The number of amides is 1. The fourth-order valence-corrected chi connectivity index (χ4v) is 7.77. The molecule has 2 aromatic carbocycles. The largest absolute Gasteiger partial charge is 0.496 e. The van der Waals surface area contributed by atoms with Gasteiger partial charge in [0, 0.05) is 36.7 Å². The molecule has 3 fully saturated rings. The maximum absolute atomic E-state index is 14.5. The number of hydrogen-bond acceptors (Lipinski definition) is 4. The van der Waals surface area contributed by atoms with E-state index in [4.69, 9.17) is 9.47 Å². The molecule has 0 bridgehead atoms. The molecule has 5 heteroatoms. The zero-order chi connectivity index (χ0) is 24.5. The third-order valence-corrected chi connectivity index (χ3v) is 9.64. The molecule has 3 heterocycles. The van der Waals surface area contributed by atoms with Crippen LogP contribution in [0.15, 0.2) is 48.5 Å². The van der Waals surface area contributed by atoms with Crippen LogP contribution >= 0.6 is 0 Å². The number of nitrogens with one attached hydrogen (secondary N) is 1. The summed E-state index contributed by atoms with van der Waals surface area (Å²) in [7, 11) is 1.72. The van der Waals surface area contributed by atoms with E-state index in [1.807, 2.05) is 6.07 Å². The Morgan fingerprint density at radius 3 is 2.69 bits per heavy atom. The fraction of sp³-hybridized carbons (Fsp3) is 0.581. The lowest BCUT2D eigenvalue weighted by Crippen LogP contribution is -2.56. The van der Waals surface area contributed by atoms with Crippen molar-refractivity contribution in [2.24, 2.45) is 11.8 Å². The minimum absolute atomic E-state index is 0.108. The van der Waals surface area contributed by atoms with Crippen molar-refractivity contribution in [3.63, 3.8) is 0 Å². The number of carbonyl (C=O) groups is 1. The van der Waals surface area contributed by atoms with Crippen molar-refractivity contribution in [1.29, 1.82) is 0 Å². The molecule has 3 aliphatic heterocycles. The number of methoxy groups -OCH3 is 1. The van der Waals surface area contributed by atoms with Crippen LogP contribution in [0.25, 0.3) is 0 Å². The highest BCUT2D eigenvalue weighted by Gasteiger charge is 2.53. The Morgan fingerprint density at radius 2 is 1.89 bits per heavy atom. The Bertz CT molecular complexity index is 1070. The molecule has 6 rings (SSSR count). The van der Waals surface area contributed by atoms with Crippen molar-refractivity contribution in [1.82, 2.24) is 10.2 Å². The van der Waals surface area contributed by atoms with E-state index in [0.717, 1.165) is 43.8 Å². The average molecular weight is 489 g/mol. The zero-order valence-corrected chi connectivity index (χ0v) is 21.6. The van der Waals surface area contributed by atoms with E-state index < -0.39 is 0 Å². The van der Waals surface area contributed by atoms with E-state index in [2.05, 4.69) is 52.7 Å². The topological polar surface area (TPSA) is 50.8 Å². The van der Waals surface area contributed by atoms with Crippen LogP contribution in [0.1, 0.15) is 67.6 Å². The Hall–Kier alpha value is -2.37. The van der Waals surface area contributed by atoms with Crippen LogP contribution in [-0.2, 0) is 21.6 Å². The first-order valence-electron chi connectivity index (χ1n) is 14.0. The maximum atomic E-state index is 14.5. The van der Waals surface area contributed by atoms with Gasteiger partial charge in [-0.3, -0.25) is 4.79 Å². The molecule has 1 spiro atoms. The van der Waals surface area contributed by atoms with Gasteiger partial charge in [0.05, 0.1) is 26.2 Å². The number of carbonyl (C=O) groups excluding carboxylic acids is 1. The van der Waals surface area contributed by atoms with Crippen molar-refractivity contribution in [2.75, 3.05) is 33.4 Å². The van der Waals surface area contributed by atoms with Crippen LogP contribution in [0.2, 0.25) is 0 Å². The number of likely N-dealkylation sites (tertiary alicyclic amines) is 1. The fourth-order valence-electron chi connectivity index (χ4n) is 7.77. The third kappa shape index (κ3) is 4.14. The van der Waals surface area contributed by atoms with Gasteiger partial charge in [-0.1, -0.05) is 61.7 Å². The van der Waals surface area contributed by atoms with E-state index >= 15 is 0 Å². The molecule has 1 aliphatic carbocycles. The van der Waals surface area contributed by atoms with Crippen LogP contribution in [0, 0.1) is 11.8 Å². The highest BCUT2D eigenvalue weighted by atomic mass is 16.5. The van der Waals surface area contributed by atoms with Gasteiger partial charge in [-0.25, -0.2) is 0 Å². The number of rotatable bonds is 4. The van der Waals surface area contributed by atoms with Gasteiger partial charge in [-0.05, 0) is 54.7 Å². The van der Waals surface area contributed by atoms with Gasteiger partial charge in [0.1, 0.15) is 5.75 Å². The number of hydrogen-bond donors (Lipinski definition) is 1. The molecule has 5 nitrogen and oxygen atoms in total. The zero-order valence-electron chi connectivity index (χ0n) is 21.6. The van der Waals surface area contributed by atoms with Gasteiger partial charge in [0.2, 0.25) is 5.91 Å². The van der Waals surface area contributed by atoms with Gasteiger partial charge in [-0.2, -0.15) is 0 Å². The molecule has 1 unspecified atom stereocenters. The highest BCUT2D eigenvalue weighted by molar-refractivity contribution is 5.82. The first-order chi connectivity index (χ1) is 17.7. The van der Waals surface area contributed by atoms with Crippen LogP contribution in [0.3, 0.4) is 0 Å². The summed E-state index contributed by atoms with van der Waals surface area (Å²) in [5.41, 5.74) is 3.46. The summed E-state index contributed by atoms with van der Waals surface area (Å²) in [5.74, 6) is 2.26. The van der Waals surface area contributed by atoms with Gasteiger partial charge < -0.3 is 19.7 Å². The number of fused-ring (bicyclic) bond motifs is 2. The molecule has 192 valence electrons. The van der Waals surface area contributed by atoms with E-state index in [1.54, 1.807) is 7.11 Å². The number of nitrogens with zero attached hydrogens (tertiary/aromatic N) is 1. The van der Waals surface area contributed by atoms with Crippen LogP contribution < -0.4 is 10.1 Å². The van der Waals surface area contributed by atoms with E-state index in [0.29, 0.717) is 37.0 Å². The summed E-state index contributed by atoms with van der Waals surface area (Å²) < 4.78 is 11.9. The van der Waals surface area contributed by atoms with Gasteiger partial charge in [0.15, 0.2) is 0 Å². The second-order valence-electron chi connectivity index (χ2n) is 11.4. The normalized spacial score (nSPS) is 30.8. The first kappa shape index (κ1) is 24.0. The predicted octanol–water partition coefficient (Wildman–Crippen LogP) is 5.04. The molecule has 0 radical (unpaired) electrons. The second kappa shape index (κ2) is 10.2. The summed E-state index contributed by atoms with van der Waals surface area (Å²) in [4.78, 5) is 16.9. The molecule has 2 aromatic rings. The SMILES string of the molecule is COc1cccc2c1COC[C@]21CNC[C@H]1C(=O)N1CCC(c2ccccc2)C[C@H]1C1CCCCC1. The van der Waals surface area contributed by atoms with Crippen LogP contribution in [-0.4, -0.2) is 50.2 Å². The summed E-state index contributed by atoms with van der Waals surface area (Å²) >= 11 is 0. The first-order valence-corrected chi connectivity index (χ1v) is 14.0. The summed E-state index contributed by atoms with van der Waals surface area (Å²) in [6.07, 6.45) is 8.59. The maximum Gasteiger partial charge on any atom is 0.228 e. The second-order valence-corrected chi connectivity index (χ2v) is 11.4. The van der Waals surface area contributed by atoms with Gasteiger partial charge >= 0.3 is 0 Å². The monoisotopic (exact) mass is 488 g/mol. The Labute approximate surface area is 215 Å². The molecular weight excluding hydrogens is 448 g/mol. The minimum Gasteiger partial charge on any atom is -0.496 e. The lowest BCUT2D eigenvalue weighted by atomic mass is 9.68. The standard InChI is InChI=1S/C31H40N2O3/c1-35-29-14-8-13-26-25(29)19-36-21-31(26)20-32-18-27(31)30(34)33-16-15-24(22-9-4-2-5-10-22)17-28(33)23-11-6-3-7-12-23/h2,4-5,8-10,13-14,23-24,27-28,32H,3,6-7,11-12,15-21H2,1H3/t24?,27-,28-,31+/m0/s1. The molecule has 1 saturated carbocycles. The quantitative estimate of drug-likeness (QED) is 0.655. The van der Waals surface area contributed by atoms with E-state index in [1.165, 1.54) is 43.2 Å². The lowest BCUT2D eigenvalue weighted by Gasteiger charge is -2.48. The number of benzene rings is 2. The van der Waals surface area contributed by atoms with Crippen molar-refractivity contribution in [3.8, 4) is 5.75 Å². The number of ether oxygens (including phenoxy) is 2. The molecule has 4 aliphatic rings. The van der Waals surface area contributed by atoms with Crippen molar-refractivity contribution in [2.45, 2.75) is 68.9 Å². The molecule has 36 heavy (non-hydrogen) atoms. The minimum atomic E-state index is -0.327. The van der Waals surface area contributed by atoms with E-state index in [9.17, 15) is 4.79 Å². The molecule has 1 amide bonds. The average Bonchev–Trinajstić information content (AvgIpc) is 3.37. The van der Waals surface area contributed by atoms with Gasteiger partial charge in [0.25, 0.3) is 0 Å². The van der Waals surface area contributed by atoms with Crippen LogP contribution in [0.4, 0.5) is 0 Å². The van der Waals surface area contributed by atoms with Crippen LogP contribution in [0.5, 0.6) is 5.75 Å². The lowest BCUT2D eigenvalue weighted by molar-refractivity contribution is -0.144. The Balaban J connectivity index is 1.31. The van der Waals surface area contributed by atoms with Crippen molar-refractivity contribution >= 4 is 5.91 Å². The summed E-state index contributed by atoms with van der Waals surface area (Å²) in [6, 6.07) is 17.6. The highest BCUT2D eigenvalue weighted by Crippen LogP contribution is 2.46. The molecular formula is C31H40N2O3. The Kier molecular flexibility index (Phi) is 6.78. The summed E-state index contributed by atoms with van der Waals surface area (Å²) in [6.45, 7) is 3.49. The van der Waals surface area contributed by atoms with Crippen molar-refractivity contribution in [3.05, 3.63) is 65.2 Å². The number of piperidine rings is 1. The van der Waals surface area contributed by atoms with E-state index in [-0.39, 0.29) is 11.3 Å². The smallest absolute Gasteiger partial charge is 0.228 e. The third-order valence-electron chi connectivity index (χ3n) is 9.64. The van der Waals surface area contributed by atoms with Gasteiger partial charge in [-0.15, -0.1) is 0 Å². The molecule has 2 saturated heterocycles. The molecule has 4 atom stereocenters. The predicted molar refractivity (Wildman–Crippen MR) is 141 cm³/mol. The van der Waals surface area contributed by atoms with Crippen molar-refractivity contribution < 1.29 is 14.3 Å². The summed E-state index contributed by atoms with van der Waals surface area (Å²) in [5, 5.41) is 3.59. The molecule has 1 N–H and O–H groups in total. The Morgan fingerprint density at radius 1 is 1.06 bits per heavy atom.